The van der Waals surface area contributed by atoms with E-state index in [-0.39, 0.29) is 0 Å². The van der Waals surface area contributed by atoms with E-state index in [0.717, 1.165) is 22.3 Å². The molecular weight excluding hydrogens is 172 g/mol. The Balaban J connectivity index is 2.60. The van der Waals surface area contributed by atoms with Crippen molar-refractivity contribution >= 4 is 5.57 Å². The molecule has 0 aromatic heterocycles. The Kier molecular flexibility index (Phi) is 2.26. The van der Waals surface area contributed by atoms with Crippen molar-refractivity contribution in [3.8, 4) is 0 Å². The predicted molar refractivity (Wildman–Crippen MR) is 58.8 cm³/mol. The number of rotatable bonds is 1. The van der Waals surface area contributed by atoms with Crippen LogP contribution in [0.4, 0.5) is 0 Å². The molecular formula is C13H14O. The zero-order valence-electron chi connectivity index (χ0n) is 8.49. The largest absolute Gasteiger partial charge is 0.384 e. The number of hydrogen-bond acceptors (Lipinski definition) is 1. The van der Waals surface area contributed by atoms with Gasteiger partial charge in [-0.1, -0.05) is 36.4 Å². The summed E-state index contributed by atoms with van der Waals surface area (Å²) in [7, 11) is 0. The lowest BCUT2D eigenvalue weighted by molar-refractivity contribution is 0.220. The zero-order chi connectivity index (χ0) is 10.1. The molecule has 1 aromatic carbocycles. The normalized spacial score (nSPS) is 20.6. The van der Waals surface area contributed by atoms with E-state index in [9.17, 15) is 5.11 Å². The van der Waals surface area contributed by atoms with E-state index in [1.54, 1.807) is 0 Å². The Morgan fingerprint density at radius 3 is 2.71 bits per heavy atom. The molecule has 0 spiro atoms. The molecule has 1 aliphatic carbocycles. The van der Waals surface area contributed by atoms with Gasteiger partial charge < -0.3 is 5.11 Å². The van der Waals surface area contributed by atoms with E-state index < -0.39 is 6.10 Å². The summed E-state index contributed by atoms with van der Waals surface area (Å²) >= 11 is 0. The van der Waals surface area contributed by atoms with Crippen LogP contribution in [0, 0.1) is 0 Å². The second kappa shape index (κ2) is 3.43. The third-order valence-electron chi connectivity index (χ3n) is 2.71. The monoisotopic (exact) mass is 186 g/mol. The van der Waals surface area contributed by atoms with Gasteiger partial charge in [-0.15, -0.1) is 0 Å². The lowest BCUT2D eigenvalue weighted by Gasteiger charge is -2.04. The first-order valence-corrected chi connectivity index (χ1v) is 4.86. The number of fused-ring (bicyclic) bond motifs is 1. The fourth-order valence-corrected chi connectivity index (χ4v) is 1.96. The summed E-state index contributed by atoms with van der Waals surface area (Å²) in [6, 6.07) is 8.02. The summed E-state index contributed by atoms with van der Waals surface area (Å²) in [5, 5.41) is 9.96. The SMILES string of the molecule is C/C=C\C1=C(C)C(O)c2ccccc21. The van der Waals surface area contributed by atoms with Gasteiger partial charge in [0.2, 0.25) is 0 Å². The summed E-state index contributed by atoms with van der Waals surface area (Å²) in [5.74, 6) is 0. The van der Waals surface area contributed by atoms with Crippen molar-refractivity contribution in [1.29, 1.82) is 0 Å². The standard InChI is InChI=1S/C13H14O/c1-3-6-10-9(2)13(14)12-8-5-4-7-11(10)12/h3-8,13-14H,1-2H3/b6-3-. The van der Waals surface area contributed by atoms with Crippen LogP contribution in [0.25, 0.3) is 5.57 Å². The minimum Gasteiger partial charge on any atom is -0.384 e. The predicted octanol–water partition coefficient (Wildman–Crippen LogP) is 3.08. The van der Waals surface area contributed by atoms with Crippen LogP contribution in [-0.4, -0.2) is 5.11 Å². The van der Waals surface area contributed by atoms with E-state index in [1.165, 1.54) is 0 Å². The average molecular weight is 186 g/mol. The fraction of sp³-hybridized carbons (Fsp3) is 0.231. The first kappa shape index (κ1) is 9.22. The second-order valence-corrected chi connectivity index (χ2v) is 3.59. The van der Waals surface area contributed by atoms with E-state index in [2.05, 4.69) is 12.1 Å². The topological polar surface area (TPSA) is 20.2 Å². The maximum absolute atomic E-state index is 9.96. The van der Waals surface area contributed by atoms with Gasteiger partial charge in [0.05, 0.1) is 0 Å². The Bertz CT molecular complexity index is 413. The molecule has 14 heavy (non-hydrogen) atoms. The summed E-state index contributed by atoms with van der Waals surface area (Å²) < 4.78 is 0. The van der Waals surface area contributed by atoms with Crippen LogP contribution in [0.1, 0.15) is 31.1 Å². The van der Waals surface area contributed by atoms with Gasteiger partial charge in [-0.2, -0.15) is 0 Å². The Morgan fingerprint density at radius 2 is 2.00 bits per heavy atom. The summed E-state index contributed by atoms with van der Waals surface area (Å²) in [5.41, 5.74) is 4.40. The van der Waals surface area contributed by atoms with E-state index in [4.69, 9.17) is 0 Å². The number of allylic oxidation sites excluding steroid dienone is 3. The van der Waals surface area contributed by atoms with Crippen molar-refractivity contribution in [1.82, 2.24) is 0 Å². The van der Waals surface area contributed by atoms with Crippen LogP contribution in [0.15, 0.2) is 42.0 Å². The fourth-order valence-electron chi connectivity index (χ4n) is 1.96. The van der Waals surface area contributed by atoms with E-state index in [0.29, 0.717) is 0 Å². The second-order valence-electron chi connectivity index (χ2n) is 3.59. The molecule has 0 heterocycles. The lowest BCUT2D eigenvalue weighted by Crippen LogP contribution is -1.93. The number of aliphatic hydroxyl groups is 1. The van der Waals surface area contributed by atoms with Gasteiger partial charge in [0.15, 0.2) is 0 Å². The van der Waals surface area contributed by atoms with Gasteiger partial charge in [0, 0.05) is 0 Å². The molecule has 0 fully saturated rings. The quantitative estimate of drug-likeness (QED) is 0.714. The van der Waals surface area contributed by atoms with Crippen molar-refractivity contribution in [2.45, 2.75) is 20.0 Å². The molecule has 0 amide bonds. The van der Waals surface area contributed by atoms with Crippen LogP contribution >= 0.6 is 0 Å². The van der Waals surface area contributed by atoms with Crippen molar-refractivity contribution in [2.24, 2.45) is 0 Å². The molecule has 2 rings (SSSR count). The highest BCUT2D eigenvalue weighted by atomic mass is 16.3. The average Bonchev–Trinajstić information content (AvgIpc) is 2.45. The minimum atomic E-state index is -0.419. The molecule has 0 saturated heterocycles. The Morgan fingerprint density at radius 1 is 1.29 bits per heavy atom. The highest BCUT2D eigenvalue weighted by Crippen LogP contribution is 2.40. The van der Waals surface area contributed by atoms with Gasteiger partial charge in [0.25, 0.3) is 0 Å². The Hall–Kier alpha value is -1.34. The lowest BCUT2D eigenvalue weighted by atomic mass is 10.1. The van der Waals surface area contributed by atoms with Crippen LogP contribution in [0.3, 0.4) is 0 Å². The molecule has 1 atom stereocenters. The maximum atomic E-state index is 9.96. The van der Waals surface area contributed by atoms with Gasteiger partial charge >= 0.3 is 0 Å². The third kappa shape index (κ3) is 1.21. The molecule has 1 aliphatic rings. The smallest absolute Gasteiger partial charge is 0.101 e. The number of hydrogen-bond donors (Lipinski definition) is 1. The number of benzene rings is 1. The molecule has 1 unspecified atom stereocenters. The van der Waals surface area contributed by atoms with Crippen LogP contribution in [0.2, 0.25) is 0 Å². The minimum absolute atomic E-state index is 0.419. The van der Waals surface area contributed by atoms with E-state index in [1.807, 2.05) is 38.1 Å². The summed E-state index contributed by atoms with van der Waals surface area (Å²) in [6.45, 7) is 3.98. The summed E-state index contributed by atoms with van der Waals surface area (Å²) in [6.07, 6.45) is 3.65. The molecule has 1 N–H and O–H groups in total. The van der Waals surface area contributed by atoms with Gasteiger partial charge in [-0.3, -0.25) is 0 Å². The molecule has 0 radical (unpaired) electrons. The summed E-state index contributed by atoms with van der Waals surface area (Å²) in [4.78, 5) is 0. The van der Waals surface area contributed by atoms with Crippen molar-refractivity contribution in [3.05, 3.63) is 53.1 Å². The molecule has 1 aromatic rings. The van der Waals surface area contributed by atoms with Crippen LogP contribution in [-0.2, 0) is 0 Å². The molecule has 0 saturated carbocycles. The third-order valence-corrected chi connectivity index (χ3v) is 2.71. The first-order chi connectivity index (χ1) is 6.75. The molecule has 1 nitrogen and oxygen atoms in total. The highest BCUT2D eigenvalue weighted by molar-refractivity contribution is 5.83. The first-order valence-electron chi connectivity index (χ1n) is 4.86. The van der Waals surface area contributed by atoms with E-state index >= 15 is 0 Å². The molecule has 72 valence electrons. The van der Waals surface area contributed by atoms with Crippen LogP contribution < -0.4 is 0 Å². The number of aliphatic hydroxyl groups excluding tert-OH is 1. The molecule has 0 aliphatic heterocycles. The molecule has 1 heteroatoms. The Labute approximate surface area is 84.4 Å². The van der Waals surface area contributed by atoms with Gasteiger partial charge in [-0.05, 0) is 36.1 Å². The molecule has 0 bridgehead atoms. The van der Waals surface area contributed by atoms with Gasteiger partial charge in [0.1, 0.15) is 6.10 Å². The van der Waals surface area contributed by atoms with Crippen molar-refractivity contribution in [2.75, 3.05) is 0 Å². The highest BCUT2D eigenvalue weighted by Gasteiger charge is 2.24. The van der Waals surface area contributed by atoms with Crippen molar-refractivity contribution < 1.29 is 5.11 Å². The van der Waals surface area contributed by atoms with Gasteiger partial charge in [-0.25, -0.2) is 0 Å². The maximum Gasteiger partial charge on any atom is 0.101 e. The van der Waals surface area contributed by atoms with Crippen molar-refractivity contribution in [3.63, 3.8) is 0 Å². The van der Waals surface area contributed by atoms with Crippen LogP contribution in [0.5, 0.6) is 0 Å². The zero-order valence-corrected chi connectivity index (χ0v) is 8.49.